The van der Waals surface area contributed by atoms with E-state index in [1.807, 2.05) is 6.07 Å². The number of nitro benzene ring substituents is 1. The van der Waals surface area contributed by atoms with Crippen molar-refractivity contribution in [1.29, 1.82) is 0 Å². The highest BCUT2D eigenvalue weighted by Gasteiger charge is 2.25. The van der Waals surface area contributed by atoms with Crippen LogP contribution in [0.5, 0.6) is 11.5 Å². The standard InChI is InChI=1S/C19H15BrN6O7/c1-33-16-7-14(25(29)30)6-12(18(16)27)8-21-22-19(28)17-15(26(31)32)10-24(23-17)9-11-3-2-4-13(20)5-11/h2-8,10,27H,9H2,1H3,(H,22,28)/b21-8-. The van der Waals surface area contributed by atoms with Crippen LogP contribution < -0.4 is 10.2 Å². The molecule has 0 aliphatic carbocycles. The molecule has 2 N–H and O–H groups in total. The molecule has 1 aromatic heterocycles. The van der Waals surface area contributed by atoms with Gasteiger partial charge in [0.15, 0.2) is 11.5 Å². The van der Waals surface area contributed by atoms with Gasteiger partial charge in [-0.2, -0.15) is 10.2 Å². The van der Waals surface area contributed by atoms with Crippen molar-refractivity contribution in [2.45, 2.75) is 6.54 Å². The zero-order chi connectivity index (χ0) is 24.1. The lowest BCUT2D eigenvalue weighted by atomic mass is 10.2. The molecule has 1 heterocycles. The van der Waals surface area contributed by atoms with E-state index in [0.717, 1.165) is 34.6 Å². The van der Waals surface area contributed by atoms with Crippen molar-refractivity contribution < 1.29 is 24.5 Å². The van der Waals surface area contributed by atoms with Gasteiger partial charge < -0.3 is 9.84 Å². The van der Waals surface area contributed by atoms with Crippen molar-refractivity contribution in [3.63, 3.8) is 0 Å². The average Bonchev–Trinajstić information content (AvgIpc) is 3.19. The monoisotopic (exact) mass is 518 g/mol. The van der Waals surface area contributed by atoms with Gasteiger partial charge in [-0.1, -0.05) is 28.1 Å². The molecule has 13 nitrogen and oxygen atoms in total. The smallest absolute Gasteiger partial charge is 0.320 e. The second kappa shape index (κ2) is 9.86. The molecule has 1 amide bonds. The van der Waals surface area contributed by atoms with Crippen molar-refractivity contribution in [1.82, 2.24) is 15.2 Å². The topological polar surface area (TPSA) is 175 Å². The van der Waals surface area contributed by atoms with Crippen LogP contribution in [-0.2, 0) is 6.54 Å². The summed E-state index contributed by atoms with van der Waals surface area (Å²) < 4.78 is 6.94. The highest BCUT2D eigenvalue weighted by Crippen LogP contribution is 2.33. The minimum atomic E-state index is -0.983. The fourth-order valence-electron chi connectivity index (χ4n) is 2.80. The van der Waals surface area contributed by atoms with Crippen molar-refractivity contribution in [3.05, 3.63) is 84.1 Å². The van der Waals surface area contributed by atoms with E-state index in [1.165, 1.54) is 11.8 Å². The summed E-state index contributed by atoms with van der Waals surface area (Å²) in [6, 6.07) is 9.24. The molecule has 0 bridgehead atoms. The molecule has 0 saturated heterocycles. The number of phenols is 1. The molecule has 14 heteroatoms. The maximum atomic E-state index is 12.5. The van der Waals surface area contributed by atoms with Gasteiger partial charge in [-0.3, -0.25) is 29.7 Å². The molecule has 0 radical (unpaired) electrons. The van der Waals surface area contributed by atoms with Gasteiger partial charge in [-0.05, 0) is 17.7 Å². The third kappa shape index (κ3) is 5.48. The van der Waals surface area contributed by atoms with E-state index in [-0.39, 0.29) is 23.5 Å². The highest BCUT2D eigenvalue weighted by molar-refractivity contribution is 9.10. The summed E-state index contributed by atoms with van der Waals surface area (Å²) in [4.78, 5) is 33.4. The first kappa shape index (κ1) is 23.3. The molecule has 3 aromatic rings. The fourth-order valence-corrected chi connectivity index (χ4v) is 3.24. The Morgan fingerprint density at radius 3 is 2.70 bits per heavy atom. The molecule has 0 atom stereocenters. The van der Waals surface area contributed by atoms with Gasteiger partial charge in [0, 0.05) is 16.1 Å². The first-order chi connectivity index (χ1) is 15.7. The number of amides is 1. The molecular weight excluding hydrogens is 504 g/mol. The summed E-state index contributed by atoms with van der Waals surface area (Å²) >= 11 is 3.33. The number of hydrazone groups is 1. The SMILES string of the molecule is COc1cc([N+](=O)[O-])cc(/C=N\NC(=O)c2nn(Cc3cccc(Br)c3)cc2[N+](=O)[O-])c1O. The average molecular weight is 519 g/mol. The number of nitro groups is 2. The van der Waals surface area contributed by atoms with E-state index in [2.05, 4.69) is 31.6 Å². The lowest BCUT2D eigenvalue weighted by Gasteiger charge is -2.05. The molecule has 0 aliphatic heterocycles. The number of hydrogen-bond acceptors (Lipinski definition) is 9. The number of carbonyl (C=O) groups excluding carboxylic acids is 1. The summed E-state index contributed by atoms with van der Waals surface area (Å²) in [5, 5.41) is 40.1. The number of aromatic nitrogens is 2. The van der Waals surface area contributed by atoms with Crippen LogP contribution in [0.2, 0.25) is 0 Å². The Hall–Kier alpha value is -4.33. The predicted octanol–water partition coefficient (Wildman–Crippen LogP) is 2.99. The molecule has 3 rings (SSSR count). The lowest BCUT2D eigenvalue weighted by Crippen LogP contribution is -2.19. The zero-order valence-electron chi connectivity index (χ0n) is 16.8. The van der Waals surface area contributed by atoms with Crippen LogP contribution in [0, 0.1) is 20.2 Å². The van der Waals surface area contributed by atoms with Crippen molar-refractivity contribution in [3.8, 4) is 11.5 Å². The lowest BCUT2D eigenvalue weighted by molar-refractivity contribution is -0.385. The molecule has 170 valence electrons. The summed E-state index contributed by atoms with van der Waals surface area (Å²) in [5.74, 6) is -1.59. The summed E-state index contributed by atoms with van der Waals surface area (Å²) in [7, 11) is 1.21. The number of rotatable bonds is 8. The molecule has 0 saturated carbocycles. The molecule has 0 unspecified atom stereocenters. The van der Waals surface area contributed by atoms with Crippen LogP contribution in [0.4, 0.5) is 11.4 Å². The van der Waals surface area contributed by atoms with Gasteiger partial charge in [0.1, 0.15) is 6.20 Å². The van der Waals surface area contributed by atoms with Gasteiger partial charge >= 0.3 is 5.69 Å². The Morgan fingerprint density at radius 2 is 2.06 bits per heavy atom. The third-order valence-corrected chi connectivity index (χ3v) is 4.77. The number of methoxy groups -OCH3 is 1. The number of non-ortho nitro benzene ring substituents is 1. The number of halogens is 1. The number of hydrogen-bond donors (Lipinski definition) is 2. The van der Waals surface area contributed by atoms with E-state index < -0.39 is 32.9 Å². The molecule has 0 aliphatic rings. The van der Waals surface area contributed by atoms with E-state index >= 15 is 0 Å². The molecular formula is C19H15BrN6O7. The third-order valence-electron chi connectivity index (χ3n) is 4.28. The van der Waals surface area contributed by atoms with Crippen LogP contribution >= 0.6 is 15.9 Å². The second-order valence-corrected chi connectivity index (χ2v) is 7.41. The summed E-state index contributed by atoms with van der Waals surface area (Å²) in [6.45, 7) is 0.179. The number of benzene rings is 2. The van der Waals surface area contributed by atoms with Gasteiger partial charge in [-0.25, -0.2) is 5.43 Å². The van der Waals surface area contributed by atoms with Crippen molar-refractivity contribution in [2.24, 2.45) is 5.10 Å². The molecule has 0 spiro atoms. The van der Waals surface area contributed by atoms with Crippen LogP contribution in [-0.4, -0.2) is 44.0 Å². The molecule has 0 fully saturated rings. The highest BCUT2D eigenvalue weighted by atomic mass is 79.9. The van der Waals surface area contributed by atoms with E-state index in [0.29, 0.717) is 0 Å². The maximum Gasteiger partial charge on any atom is 0.320 e. The Kier molecular flexibility index (Phi) is 6.97. The van der Waals surface area contributed by atoms with E-state index in [9.17, 15) is 30.1 Å². The molecule has 2 aromatic carbocycles. The summed E-state index contributed by atoms with van der Waals surface area (Å²) in [6.07, 6.45) is 2.06. The van der Waals surface area contributed by atoms with Crippen LogP contribution in [0.3, 0.4) is 0 Å². The normalized spacial score (nSPS) is 10.8. The Bertz CT molecular complexity index is 1270. The number of ether oxygens (including phenoxy) is 1. The van der Waals surface area contributed by atoms with Gasteiger partial charge in [0.05, 0.1) is 35.8 Å². The first-order valence-electron chi connectivity index (χ1n) is 9.04. The number of carbonyl (C=O) groups is 1. The summed E-state index contributed by atoms with van der Waals surface area (Å²) in [5.41, 5.74) is 1.36. The van der Waals surface area contributed by atoms with E-state index in [4.69, 9.17) is 4.74 Å². The quantitative estimate of drug-likeness (QED) is 0.259. The second-order valence-electron chi connectivity index (χ2n) is 6.49. The number of nitrogens with one attached hydrogen (secondary N) is 1. The van der Waals surface area contributed by atoms with Crippen molar-refractivity contribution >= 4 is 39.4 Å². The Morgan fingerprint density at radius 1 is 1.30 bits per heavy atom. The van der Waals surface area contributed by atoms with Crippen LogP contribution in [0.1, 0.15) is 21.6 Å². The Labute approximate surface area is 193 Å². The number of nitrogens with zero attached hydrogens (tertiary/aromatic N) is 5. The van der Waals surface area contributed by atoms with Gasteiger partial charge in [0.2, 0.25) is 5.69 Å². The first-order valence-corrected chi connectivity index (χ1v) is 9.84. The van der Waals surface area contributed by atoms with Crippen LogP contribution in [0.15, 0.2) is 52.2 Å². The zero-order valence-corrected chi connectivity index (χ0v) is 18.4. The van der Waals surface area contributed by atoms with Crippen molar-refractivity contribution in [2.75, 3.05) is 7.11 Å². The number of aromatic hydroxyl groups is 1. The maximum absolute atomic E-state index is 12.5. The van der Waals surface area contributed by atoms with Gasteiger partial charge in [-0.15, -0.1) is 0 Å². The Balaban J connectivity index is 1.82. The minimum Gasteiger partial charge on any atom is -0.504 e. The molecule has 33 heavy (non-hydrogen) atoms. The minimum absolute atomic E-state index is 0.115. The predicted molar refractivity (Wildman–Crippen MR) is 118 cm³/mol. The van der Waals surface area contributed by atoms with Crippen LogP contribution in [0.25, 0.3) is 0 Å². The van der Waals surface area contributed by atoms with Gasteiger partial charge in [0.25, 0.3) is 11.6 Å². The van der Waals surface area contributed by atoms with E-state index in [1.54, 1.807) is 18.2 Å². The fraction of sp³-hybridized carbons (Fsp3) is 0.105. The largest absolute Gasteiger partial charge is 0.504 e. The number of phenolic OH excluding ortho intramolecular Hbond substituents is 1.